The second-order valence-electron chi connectivity index (χ2n) is 10.1. The van der Waals surface area contributed by atoms with Crippen LogP contribution in [0.3, 0.4) is 0 Å². The Morgan fingerprint density at radius 2 is 1.62 bits per heavy atom. The molecule has 0 heterocycles. The highest BCUT2D eigenvalue weighted by molar-refractivity contribution is 5.76. The summed E-state index contributed by atoms with van der Waals surface area (Å²) in [5.74, 6) is -3.81. The van der Waals surface area contributed by atoms with Crippen LogP contribution in [0.25, 0.3) is 0 Å². The number of halogens is 2. The van der Waals surface area contributed by atoms with E-state index in [4.69, 9.17) is 14.2 Å². The number of hydrogen-bond donors (Lipinski definition) is 0. The van der Waals surface area contributed by atoms with Crippen LogP contribution in [0.5, 0.6) is 0 Å². The molecule has 0 spiro atoms. The molecule has 0 amide bonds. The van der Waals surface area contributed by atoms with Gasteiger partial charge in [0.2, 0.25) is 0 Å². The Morgan fingerprint density at radius 3 is 2.17 bits per heavy atom. The number of carbonyl (C=O) groups is 2. The van der Waals surface area contributed by atoms with Crippen molar-refractivity contribution >= 4 is 12.1 Å². The summed E-state index contributed by atoms with van der Waals surface area (Å²) in [6.07, 6.45) is 4.30. The van der Waals surface area contributed by atoms with Gasteiger partial charge in [0.1, 0.15) is 18.3 Å². The van der Waals surface area contributed by atoms with E-state index in [2.05, 4.69) is 4.74 Å². The molecule has 8 heteroatoms. The van der Waals surface area contributed by atoms with Crippen molar-refractivity contribution in [3.05, 3.63) is 0 Å². The molecule has 29 heavy (non-hydrogen) atoms. The predicted molar refractivity (Wildman–Crippen MR) is 99.5 cm³/mol. The number of esters is 1. The Bertz CT molecular complexity index is 608. The Kier molecular flexibility index (Phi) is 6.14. The van der Waals surface area contributed by atoms with Crippen LogP contribution >= 0.6 is 0 Å². The van der Waals surface area contributed by atoms with Crippen molar-refractivity contribution in [3.8, 4) is 0 Å². The molecule has 4 saturated carbocycles. The van der Waals surface area contributed by atoms with Crippen molar-refractivity contribution in [2.24, 2.45) is 23.2 Å². The molecular weight excluding hydrogens is 386 g/mol. The maximum Gasteiger partial charge on any atom is 0.509 e. The molecule has 0 aromatic heterocycles. The van der Waals surface area contributed by atoms with Crippen LogP contribution in [0.1, 0.15) is 59.8 Å². The van der Waals surface area contributed by atoms with E-state index in [-0.39, 0.29) is 24.7 Å². The van der Waals surface area contributed by atoms with Gasteiger partial charge in [-0.25, -0.2) is 9.59 Å². The van der Waals surface area contributed by atoms with Gasteiger partial charge in [0.25, 0.3) is 0 Å². The lowest BCUT2D eigenvalue weighted by atomic mass is 9.49. The Hall–Kier alpha value is -1.44. The van der Waals surface area contributed by atoms with E-state index in [0.717, 1.165) is 32.1 Å². The first-order valence-electron chi connectivity index (χ1n) is 10.4. The van der Waals surface area contributed by atoms with Gasteiger partial charge in [-0.05, 0) is 76.0 Å². The fourth-order valence-corrected chi connectivity index (χ4v) is 5.51. The quantitative estimate of drug-likeness (QED) is 0.452. The van der Waals surface area contributed by atoms with Gasteiger partial charge in [-0.1, -0.05) is 0 Å². The van der Waals surface area contributed by atoms with E-state index in [1.807, 2.05) is 20.8 Å². The van der Waals surface area contributed by atoms with Crippen LogP contribution in [0.15, 0.2) is 0 Å². The first kappa shape index (κ1) is 22.2. The highest BCUT2D eigenvalue weighted by Gasteiger charge is 2.57. The fourth-order valence-electron chi connectivity index (χ4n) is 5.51. The van der Waals surface area contributed by atoms with Crippen LogP contribution < -0.4 is 0 Å². The summed E-state index contributed by atoms with van der Waals surface area (Å²) in [4.78, 5) is 23.2. The average molecular weight is 418 g/mol. The molecule has 0 saturated heterocycles. The minimum Gasteiger partial charge on any atom is -0.459 e. The van der Waals surface area contributed by atoms with Crippen LogP contribution in [-0.2, 0) is 23.7 Å². The number of rotatable bonds is 7. The molecule has 2 unspecified atom stereocenters. The fraction of sp³-hybridized carbons (Fsp3) is 0.905. The van der Waals surface area contributed by atoms with Crippen molar-refractivity contribution in [1.29, 1.82) is 0 Å². The molecule has 0 aromatic rings. The molecule has 0 radical (unpaired) electrons. The summed E-state index contributed by atoms with van der Waals surface area (Å²) < 4.78 is 46.9. The third-order valence-corrected chi connectivity index (χ3v) is 6.16. The number of ether oxygens (including phenoxy) is 4. The van der Waals surface area contributed by atoms with Gasteiger partial charge in [-0.2, -0.15) is 8.78 Å². The molecule has 2 atom stereocenters. The minimum absolute atomic E-state index is 0.0307. The smallest absolute Gasteiger partial charge is 0.459 e. The summed E-state index contributed by atoms with van der Waals surface area (Å²) in [6, 6.07) is 0. The average Bonchev–Trinajstić information content (AvgIpc) is 2.54. The van der Waals surface area contributed by atoms with Crippen LogP contribution in [0.4, 0.5) is 13.6 Å². The molecule has 166 valence electrons. The number of alkyl halides is 2. The van der Waals surface area contributed by atoms with Crippen molar-refractivity contribution in [3.63, 3.8) is 0 Å². The zero-order valence-electron chi connectivity index (χ0n) is 17.7. The molecule has 0 aromatic carbocycles. The topological polar surface area (TPSA) is 71.1 Å². The highest BCUT2D eigenvalue weighted by atomic mass is 19.3. The van der Waals surface area contributed by atoms with Crippen molar-refractivity contribution in [2.75, 3.05) is 19.8 Å². The standard InChI is InChI=1S/C21H32F2O6/c1-19(2,3)29-18(25)28-16-14-7-13-8-15(16)11-21(9-13,10-14)12-26-5-6-27-17(24)20(4,22)23/h13-16H,5-12H2,1-4H3. The lowest BCUT2D eigenvalue weighted by Crippen LogP contribution is -2.56. The van der Waals surface area contributed by atoms with Crippen LogP contribution in [0, 0.1) is 23.2 Å². The molecule has 4 rings (SSSR count). The third kappa shape index (κ3) is 5.58. The molecule has 0 aliphatic heterocycles. The summed E-state index contributed by atoms with van der Waals surface area (Å²) in [7, 11) is 0. The van der Waals surface area contributed by atoms with Gasteiger partial charge in [-0.3, -0.25) is 0 Å². The third-order valence-electron chi connectivity index (χ3n) is 6.16. The van der Waals surface area contributed by atoms with E-state index < -0.39 is 23.6 Å². The zero-order chi connectivity index (χ0) is 21.4. The summed E-state index contributed by atoms with van der Waals surface area (Å²) in [5, 5.41) is 0. The van der Waals surface area contributed by atoms with Crippen LogP contribution in [-0.4, -0.2) is 49.6 Å². The lowest BCUT2D eigenvalue weighted by molar-refractivity contribution is -0.176. The van der Waals surface area contributed by atoms with E-state index >= 15 is 0 Å². The van der Waals surface area contributed by atoms with E-state index in [0.29, 0.717) is 31.3 Å². The van der Waals surface area contributed by atoms with Gasteiger partial charge < -0.3 is 18.9 Å². The van der Waals surface area contributed by atoms with Gasteiger partial charge >= 0.3 is 18.0 Å². The normalized spacial score (nSPS) is 33.4. The van der Waals surface area contributed by atoms with Gasteiger partial charge in [-0.15, -0.1) is 0 Å². The van der Waals surface area contributed by atoms with Crippen molar-refractivity contribution < 1.29 is 37.3 Å². The van der Waals surface area contributed by atoms with E-state index in [1.54, 1.807) is 0 Å². The maximum atomic E-state index is 12.8. The first-order chi connectivity index (χ1) is 13.4. The summed E-state index contributed by atoms with van der Waals surface area (Å²) in [6.45, 7) is 6.39. The second-order valence-corrected chi connectivity index (χ2v) is 10.1. The van der Waals surface area contributed by atoms with E-state index in [9.17, 15) is 18.4 Å². The minimum atomic E-state index is -3.48. The largest absolute Gasteiger partial charge is 0.509 e. The van der Waals surface area contributed by atoms with Crippen LogP contribution in [0.2, 0.25) is 0 Å². The molecule has 0 N–H and O–H groups in total. The van der Waals surface area contributed by atoms with Crippen molar-refractivity contribution in [1.82, 2.24) is 0 Å². The van der Waals surface area contributed by atoms with Gasteiger partial charge in [0.15, 0.2) is 0 Å². The second kappa shape index (κ2) is 8.00. The monoisotopic (exact) mass is 418 g/mol. The maximum absolute atomic E-state index is 12.8. The number of hydrogen-bond acceptors (Lipinski definition) is 6. The lowest BCUT2D eigenvalue weighted by Gasteiger charge is -2.59. The van der Waals surface area contributed by atoms with Gasteiger partial charge in [0.05, 0.1) is 13.2 Å². The molecule has 4 bridgehead atoms. The first-order valence-corrected chi connectivity index (χ1v) is 10.4. The summed E-state index contributed by atoms with van der Waals surface area (Å²) in [5.41, 5.74) is -0.549. The Balaban J connectivity index is 1.47. The van der Waals surface area contributed by atoms with E-state index in [1.165, 1.54) is 0 Å². The molecule has 6 nitrogen and oxygen atoms in total. The molecular formula is C21H32F2O6. The molecule has 4 aliphatic rings. The Labute approximate surface area is 170 Å². The predicted octanol–water partition coefficient (Wildman–Crippen LogP) is 4.35. The zero-order valence-corrected chi connectivity index (χ0v) is 17.7. The van der Waals surface area contributed by atoms with Crippen molar-refractivity contribution in [2.45, 2.75) is 77.4 Å². The SMILES string of the molecule is CC(C)(C)OC(=O)OC1C2CC3CC1CC(COCCOC(=O)C(C)(F)F)(C3)C2. The molecule has 4 fully saturated rings. The number of carbonyl (C=O) groups excluding carboxylic acids is 2. The Morgan fingerprint density at radius 1 is 1.00 bits per heavy atom. The van der Waals surface area contributed by atoms with Gasteiger partial charge in [0, 0.05) is 6.92 Å². The molecule has 4 aliphatic carbocycles. The highest BCUT2D eigenvalue weighted by Crippen LogP contribution is 2.60. The summed E-state index contributed by atoms with van der Waals surface area (Å²) >= 11 is 0.